The third-order valence-corrected chi connectivity index (χ3v) is 3.53. The largest absolute Gasteiger partial charge is 0.366 e. The molecular weight excluding hydrogens is 214 g/mol. The van der Waals surface area contributed by atoms with E-state index < -0.39 is 0 Å². The fraction of sp³-hybridized carbons (Fsp3) is 0.583. The van der Waals surface area contributed by atoms with Crippen molar-refractivity contribution in [2.75, 3.05) is 23.8 Å². The summed E-state index contributed by atoms with van der Waals surface area (Å²) in [5.41, 5.74) is 2.57. The molecule has 5 nitrogen and oxygen atoms in total. The van der Waals surface area contributed by atoms with E-state index in [4.69, 9.17) is 5.84 Å². The highest BCUT2D eigenvalue weighted by molar-refractivity contribution is 5.45. The second kappa shape index (κ2) is 4.50. The summed E-state index contributed by atoms with van der Waals surface area (Å²) in [5.74, 6) is 6.96. The summed E-state index contributed by atoms with van der Waals surface area (Å²) in [5, 5.41) is 3.48. The third kappa shape index (κ3) is 2.50. The van der Waals surface area contributed by atoms with Crippen molar-refractivity contribution in [3.8, 4) is 0 Å². The number of pyridine rings is 1. The number of likely N-dealkylation sites (tertiary alicyclic amines) is 1. The predicted octanol–water partition coefficient (Wildman–Crippen LogP) is 1.02. The number of aromatic nitrogens is 1. The molecule has 2 fully saturated rings. The summed E-state index contributed by atoms with van der Waals surface area (Å²) in [7, 11) is 0. The van der Waals surface area contributed by atoms with Gasteiger partial charge < -0.3 is 10.7 Å². The van der Waals surface area contributed by atoms with E-state index in [-0.39, 0.29) is 0 Å². The van der Waals surface area contributed by atoms with Gasteiger partial charge in [-0.3, -0.25) is 4.90 Å². The van der Waals surface area contributed by atoms with E-state index in [1.807, 2.05) is 18.2 Å². The first-order chi connectivity index (χ1) is 8.35. The first-order valence-electron chi connectivity index (χ1n) is 6.29. The Bertz CT molecular complexity index is 390. The minimum Gasteiger partial charge on any atom is -0.366 e. The molecule has 1 aliphatic heterocycles. The van der Waals surface area contributed by atoms with E-state index >= 15 is 0 Å². The van der Waals surface area contributed by atoms with E-state index in [1.165, 1.54) is 25.8 Å². The molecule has 1 saturated carbocycles. The van der Waals surface area contributed by atoms with Crippen molar-refractivity contribution in [2.24, 2.45) is 5.84 Å². The molecule has 3 rings (SSSR count). The Hall–Kier alpha value is -1.33. The van der Waals surface area contributed by atoms with Crippen molar-refractivity contribution in [3.05, 3.63) is 18.2 Å². The van der Waals surface area contributed by atoms with E-state index in [9.17, 15) is 0 Å². The third-order valence-electron chi connectivity index (χ3n) is 3.53. The SMILES string of the molecule is NNc1cccc(NC2CCN(C3CC3)C2)n1. The Morgan fingerprint density at radius 2 is 2.06 bits per heavy atom. The Morgan fingerprint density at radius 3 is 2.82 bits per heavy atom. The fourth-order valence-corrected chi connectivity index (χ4v) is 2.48. The lowest BCUT2D eigenvalue weighted by molar-refractivity contribution is 0.326. The molecule has 92 valence electrons. The average molecular weight is 233 g/mol. The molecule has 2 aliphatic rings. The van der Waals surface area contributed by atoms with Crippen LogP contribution in [0.4, 0.5) is 11.6 Å². The summed E-state index contributed by atoms with van der Waals surface area (Å²) in [4.78, 5) is 6.96. The standard InChI is InChI=1S/C12H19N5/c13-16-12-3-1-2-11(15-12)14-9-6-7-17(8-9)10-4-5-10/h1-3,9-10H,4-8,13H2,(H2,14,15,16). The van der Waals surface area contributed by atoms with Crippen LogP contribution in [-0.4, -0.2) is 35.1 Å². The van der Waals surface area contributed by atoms with Gasteiger partial charge >= 0.3 is 0 Å². The summed E-state index contributed by atoms with van der Waals surface area (Å²) in [6, 6.07) is 7.19. The quantitative estimate of drug-likeness (QED) is 0.535. The van der Waals surface area contributed by atoms with Gasteiger partial charge in [0.05, 0.1) is 0 Å². The number of rotatable bonds is 4. The lowest BCUT2D eigenvalue weighted by Gasteiger charge is -2.16. The Labute approximate surface area is 101 Å². The molecule has 1 aromatic rings. The van der Waals surface area contributed by atoms with Crippen LogP contribution >= 0.6 is 0 Å². The highest BCUT2D eigenvalue weighted by Gasteiger charge is 2.34. The van der Waals surface area contributed by atoms with Crippen molar-refractivity contribution in [1.29, 1.82) is 0 Å². The van der Waals surface area contributed by atoms with Crippen LogP contribution in [0.2, 0.25) is 0 Å². The number of hydrazine groups is 1. The summed E-state index contributed by atoms with van der Waals surface area (Å²) >= 11 is 0. The predicted molar refractivity (Wildman–Crippen MR) is 68.7 cm³/mol. The second-order valence-electron chi connectivity index (χ2n) is 4.91. The van der Waals surface area contributed by atoms with Crippen LogP contribution in [0, 0.1) is 0 Å². The normalized spacial score (nSPS) is 24.9. The smallest absolute Gasteiger partial charge is 0.142 e. The number of nitrogens with two attached hydrogens (primary N) is 1. The van der Waals surface area contributed by atoms with Crippen LogP contribution in [0.3, 0.4) is 0 Å². The van der Waals surface area contributed by atoms with Crippen LogP contribution in [0.25, 0.3) is 0 Å². The molecule has 4 N–H and O–H groups in total. The summed E-state index contributed by atoms with van der Waals surface area (Å²) < 4.78 is 0. The van der Waals surface area contributed by atoms with E-state index in [0.717, 1.165) is 18.4 Å². The van der Waals surface area contributed by atoms with Crippen LogP contribution in [0.15, 0.2) is 18.2 Å². The molecular formula is C12H19N5. The number of nitrogen functional groups attached to an aromatic ring is 1. The van der Waals surface area contributed by atoms with Crippen molar-refractivity contribution in [3.63, 3.8) is 0 Å². The average Bonchev–Trinajstić information content (AvgIpc) is 3.11. The van der Waals surface area contributed by atoms with Crippen LogP contribution in [0.1, 0.15) is 19.3 Å². The van der Waals surface area contributed by atoms with Gasteiger partial charge in [-0.25, -0.2) is 10.8 Å². The van der Waals surface area contributed by atoms with Crippen molar-refractivity contribution in [1.82, 2.24) is 9.88 Å². The zero-order chi connectivity index (χ0) is 11.7. The summed E-state index contributed by atoms with van der Waals surface area (Å²) in [6.07, 6.45) is 3.98. The Kier molecular flexibility index (Phi) is 2.86. The van der Waals surface area contributed by atoms with E-state index in [0.29, 0.717) is 11.9 Å². The molecule has 2 heterocycles. The molecule has 1 aromatic heterocycles. The van der Waals surface area contributed by atoms with Crippen LogP contribution in [-0.2, 0) is 0 Å². The molecule has 0 bridgehead atoms. The highest BCUT2D eigenvalue weighted by Crippen LogP contribution is 2.30. The Balaban J connectivity index is 1.59. The van der Waals surface area contributed by atoms with Gasteiger partial charge in [0, 0.05) is 25.2 Å². The first-order valence-corrected chi connectivity index (χ1v) is 6.29. The minimum atomic E-state index is 0.524. The molecule has 0 aromatic carbocycles. The molecule has 5 heteroatoms. The zero-order valence-electron chi connectivity index (χ0n) is 9.89. The highest BCUT2D eigenvalue weighted by atomic mass is 15.3. The monoisotopic (exact) mass is 233 g/mol. The topological polar surface area (TPSA) is 66.2 Å². The van der Waals surface area contributed by atoms with Gasteiger partial charge in [-0.1, -0.05) is 6.07 Å². The molecule has 1 aliphatic carbocycles. The van der Waals surface area contributed by atoms with Gasteiger partial charge in [0.2, 0.25) is 0 Å². The number of hydrogen-bond acceptors (Lipinski definition) is 5. The number of nitrogens with zero attached hydrogens (tertiary/aromatic N) is 2. The maximum Gasteiger partial charge on any atom is 0.142 e. The molecule has 0 spiro atoms. The van der Waals surface area contributed by atoms with Crippen LogP contribution < -0.4 is 16.6 Å². The van der Waals surface area contributed by atoms with Gasteiger partial charge in [0.15, 0.2) is 0 Å². The van der Waals surface area contributed by atoms with Gasteiger partial charge in [0.1, 0.15) is 11.6 Å². The van der Waals surface area contributed by atoms with Crippen molar-refractivity contribution in [2.45, 2.75) is 31.3 Å². The van der Waals surface area contributed by atoms with Crippen molar-refractivity contribution >= 4 is 11.6 Å². The van der Waals surface area contributed by atoms with E-state index in [2.05, 4.69) is 20.6 Å². The van der Waals surface area contributed by atoms with Gasteiger partial charge in [-0.2, -0.15) is 0 Å². The van der Waals surface area contributed by atoms with Gasteiger partial charge in [0.25, 0.3) is 0 Å². The minimum absolute atomic E-state index is 0.524. The Morgan fingerprint density at radius 1 is 1.24 bits per heavy atom. The number of anilines is 2. The molecule has 1 unspecified atom stereocenters. The lowest BCUT2D eigenvalue weighted by atomic mass is 10.2. The lowest BCUT2D eigenvalue weighted by Crippen LogP contribution is -2.28. The molecule has 1 saturated heterocycles. The molecule has 0 radical (unpaired) electrons. The molecule has 1 atom stereocenters. The first kappa shape index (κ1) is 10.8. The van der Waals surface area contributed by atoms with E-state index in [1.54, 1.807) is 0 Å². The van der Waals surface area contributed by atoms with Crippen molar-refractivity contribution < 1.29 is 0 Å². The number of nitrogens with one attached hydrogen (secondary N) is 2. The maximum atomic E-state index is 5.35. The fourth-order valence-electron chi connectivity index (χ4n) is 2.48. The number of hydrogen-bond donors (Lipinski definition) is 3. The van der Waals surface area contributed by atoms with Gasteiger partial charge in [-0.05, 0) is 31.4 Å². The van der Waals surface area contributed by atoms with Gasteiger partial charge in [-0.15, -0.1) is 0 Å². The molecule has 0 amide bonds. The molecule has 17 heavy (non-hydrogen) atoms. The van der Waals surface area contributed by atoms with Crippen LogP contribution in [0.5, 0.6) is 0 Å². The second-order valence-corrected chi connectivity index (χ2v) is 4.91. The summed E-state index contributed by atoms with van der Waals surface area (Å²) in [6.45, 7) is 2.36. The maximum absolute atomic E-state index is 5.35. The zero-order valence-corrected chi connectivity index (χ0v) is 9.89.